The molecule has 3 N–H and O–H groups in total. The van der Waals surface area contributed by atoms with Crippen LogP contribution in [0.25, 0.3) is 11.1 Å². The third-order valence-electron chi connectivity index (χ3n) is 5.10. The highest BCUT2D eigenvalue weighted by Crippen LogP contribution is 2.27. The molecule has 0 aliphatic heterocycles. The van der Waals surface area contributed by atoms with Crippen molar-refractivity contribution in [3.05, 3.63) is 96.3 Å². The van der Waals surface area contributed by atoms with Gasteiger partial charge in [-0.25, -0.2) is 0 Å². The Morgan fingerprint density at radius 3 is 2.42 bits per heavy atom. The van der Waals surface area contributed by atoms with Gasteiger partial charge in [0, 0.05) is 25.6 Å². The SMILES string of the molecule is Nc1ccc(-c2ccccc2)cc1NC(=O)CCc1cn(CCc2ccccc2)nn1. The lowest BCUT2D eigenvalue weighted by Gasteiger charge is -2.10. The average molecular weight is 412 g/mol. The molecule has 1 heterocycles. The number of carbonyl (C=O) groups excluding carboxylic acids is 1. The average Bonchev–Trinajstić information content (AvgIpc) is 3.27. The van der Waals surface area contributed by atoms with E-state index in [4.69, 9.17) is 5.73 Å². The first-order valence-electron chi connectivity index (χ1n) is 10.3. The fourth-order valence-corrected chi connectivity index (χ4v) is 3.38. The molecule has 3 aromatic carbocycles. The van der Waals surface area contributed by atoms with E-state index in [9.17, 15) is 4.79 Å². The van der Waals surface area contributed by atoms with Crippen LogP contribution in [-0.2, 0) is 24.2 Å². The van der Waals surface area contributed by atoms with Crippen molar-refractivity contribution >= 4 is 17.3 Å². The topological polar surface area (TPSA) is 85.8 Å². The molecule has 0 spiro atoms. The lowest BCUT2D eigenvalue weighted by Crippen LogP contribution is -2.13. The zero-order valence-corrected chi connectivity index (χ0v) is 17.2. The van der Waals surface area contributed by atoms with Crippen LogP contribution < -0.4 is 11.1 Å². The molecule has 156 valence electrons. The van der Waals surface area contributed by atoms with Crippen molar-refractivity contribution < 1.29 is 4.79 Å². The highest BCUT2D eigenvalue weighted by atomic mass is 16.1. The number of benzene rings is 3. The number of aryl methyl sites for hydroxylation is 3. The number of aromatic nitrogens is 3. The first kappa shape index (κ1) is 20.3. The number of carbonyl (C=O) groups is 1. The van der Waals surface area contributed by atoms with E-state index in [1.54, 1.807) is 0 Å². The molecule has 31 heavy (non-hydrogen) atoms. The molecule has 6 heteroatoms. The number of rotatable bonds is 8. The van der Waals surface area contributed by atoms with Crippen molar-refractivity contribution in [2.24, 2.45) is 0 Å². The molecule has 6 nitrogen and oxygen atoms in total. The second-order valence-corrected chi connectivity index (χ2v) is 7.42. The number of nitrogens with zero attached hydrogens (tertiary/aromatic N) is 3. The van der Waals surface area contributed by atoms with Gasteiger partial charge >= 0.3 is 0 Å². The molecule has 0 fully saturated rings. The lowest BCUT2D eigenvalue weighted by atomic mass is 10.0. The standard InChI is InChI=1S/C25H25N5O/c26-23-13-11-21(20-9-5-2-6-10-20)17-24(23)27-25(31)14-12-22-18-30(29-28-22)16-15-19-7-3-1-4-8-19/h1-11,13,17-18H,12,14-16,26H2,(H,27,31). The van der Waals surface area contributed by atoms with Crippen molar-refractivity contribution in [2.45, 2.75) is 25.8 Å². The van der Waals surface area contributed by atoms with Crippen LogP contribution in [-0.4, -0.2) is 20.9 Å². The summed E-state index contributed by atoms with van der Waals surface area (Å²) in [5.74, 6) is -0.101. The van der Waals surface area contributed by atoms with Crippen molar-refractivity contribution in [3.8, 4) is 11.1 Å². The summed E-state index contributed by atoms with van der Waals surface area (Å²) in [5.41, 5.74) is 11.4. The first-order valence-corrected chi connectivity index (χ1v) is 10.3. The fourth-order valence-electron chi connectivity index (χ4n) is 3.38. The van der Waals surface area contributed by atoms with Gasteiger partial charge in [-0.2, -0.15) is 0 Å². The van der Waals surface area contributed by atoms with E-state index >= 15 is 0 Å². The molecule has 0 radical (unpaired) electrons. The van der Waals surface area contributed by atoms with Crippen molar-refractivity contribution in [3.63, 3.8) is 0 Å². The summed E-state index contributed by atoms with van der Waals surface area (Å²) in [7, 11) is 0. The van der Waals surface area contributed by atoms with E-state index in [0.717, 1.165) is 29.8 Å². The molecule has 0 saturated heterocycles. The van der Waals surface area contributed by atoms with Gasteiger partial charge in [0.05, 0.1) is 17.1 Å². The molecule has 1 amide bonds. The van der Waals surface area contributed by atoms with E-state index in [1.165, 1.54) is 5.56 Å². The molecule has 4 rings (SSSR count). The van der Waals surface area contributed by atoms with Crippen molar-refractivity contribution in [2.75, 3.05) is 11.1 Å². The van der Waals surface area contributed by atoms with Gasteiger partial charge in [-0.15, -0.1) is 5.10 Å². The molecule has 0 aliphatic carbocycles. The number of amides is 1. The third-order valence-corrected chi connectivity index (χ3v) is 5.10. The summed E-state index contributed by atoms with van der Waals surface area (Å²) < 4.78 is 1.82. The van der Waals surface area contributed by atoms with Crippen LogP contribution in [0, 0.1) is 0 Å². The molecule has 0 bridgehead atoms. The van der Waals surface area contributed by atoms with Gasteiger partial charge < -0.3 is 11.1 Å². The molecule has 0 atom stereocenters. The van der Waals surface area contributed by atoms with Gasteiger partial charge in [0.25, 0.3) is 0 Å². The summed E-state index contributed by atoms with van der Waals surface area (Å²) in [6, 6.07) is 25.9. The van der Waals surface area contributed by atoms with Gasteiger partial charge in [-0.3, -0.25) is 9.48 Å². The maximum atomic E-state index is 12.5. The number of hydrogen-bond acceptors (Lipinski definition) is 4. The number of nitrogen functional groups attached to an aromatic ring is 1. The molecular weight excluding hydrogens is 386 g/mol. The Labute approximate surface area is 181 Å². The van der Waals surface area contributed by atoms with E-state index in [2.05, 4.69) is 27.8 Å². The Bertz CT molecular complexity index is 1140. The summed E-state index contributed by atoms with van der Waals surface area (Å²) in [5, 5.41) is 11.3. The lowest BCUT2D eigenvalue weighted by molar-refractivity contribution is -0.116. The summed E-state index contributed by atoms with van der Waals surface area (Å²) in [6.07, 6.45) is 3.63. The van der Waals surface area contributed by atoms with E-state index in [0.29, 0.717) is 24.2 Å². The van der Waals surface area contributed by atoms with E-state index in [1.807, 2.05) is 77.6 Å². The van der Waals surface area contributed by atoms with Crippen LogP contribution in [0.4, 0.5) is 11.4 Å². The molecular formula is C25H25N5O. The van der Waals surface area contributed by atoms with Gasteiger partial charge in [0.1, 0.15) is 0 Å². The predicted octanol–water partition coefficient (Wildman–Crippen LogP) is 4.34. The monoisotopic (exact) mass is 411 g/mol. The summed E-state index contributed by atoms with van der Waals surface area (Å²) in [6.45, 7) is 0.756. The quantitative estimate of drug-likeness (QED) is 0.422. The molecule has 1 aromatic heterocycles. The number of hydrogen-bond donors (Lipinski definition) is 2. The second-order valence-electron chi connectivity index (χ2n) is 7.42. The Kier molecular flexibility index (Phi) is 6.38. The van der Waals surface area contributed by atoms with Crippen molar-refractivity contribution in [1.29, 1.82) is 0 Å². The van der Waals surface area contributed by atoms with Gasteiger partial charge in [-0.1, -0.05) is 71.9 Å². The molecule has 0 aliphatic rings. The largest absolute Gasteiger partial charge is 0.397 e. The minimum absolute atomic E-state index is 0.101. The van der Waals surface area contributed by atoms with Crippen LogP contribution in [0.2, 0.25) is 0 Å². The number of nitrogens with two attached hydrogens (primary N) is 1. The Hall–Kier alpha value is -3.93. The maximum absolute atomic E-state index is 12.5. The van der Waals surface area contributed by atoms with Gasteiger partial charge in [0.15, 0.2) is 0 Å². The van der Waals surface area contributed by atoms with Crippen LogP contribution in [0.3, 0.4) is 0 Å². The molecule has 0 unspecified atom stereocenters. The molecule has 0 saturated carbocycles. The Morgan fingerprint density at radius 2 is 1.65 bits per heavy atom. The highest BCUT2D eigenvalue weighted by Gasteiger charge is 2.09. The highest BCUT2D eigenvalue weighted by molar-refractivity contribution is 5.95. The van der Waals surface area contributed by atoms with Crippen LogP contribution >= 0.6 is 0 Å². The smallest absolute Gasteiger partial charge is 0.224 e. The van der Waals surface area contributed by atoms with Crippen LogP contribution in [0.5, 0.6) is 0 Å². The van der Waals surface area contributed by atoms with E-state index in [-0.39, 0.29) is 5.91 Å². The van der Waals surface area contributed by atoms with Gasteiger partial charge in [0.2, 0.25) is 5.91 Å². The predicted molar refractivity (Wildman–Crippen MR) is 123 cm³/mol. The third kappa shape index (κ3) is 5.57. The van der Waals surface area contributed by atoms with Crippen LogP contribution in [0.15, 0.2) is 85.1 Å². The Morgan fingerprint density at radius 1 is 0.903 bits per heavy atom. The first-order chi connectivity index (χ1) is 15.2. The summed E-state index contributed by atoms with van der Waals surface area (Å²) >= 11 is 0. The minimum Gasteiger partial charge on any atom is -0.397 e. The maximum Gasteiger partial charge on any atom is 0.224 e. The van der Waals surface area contributed by atoms with Gasteiger partial charge in [-0.05, 0) is 35.2 Å². The second kappa shape index (κ2) is 9.71. The van der Waals surface area contributed by atoms with Crippen LogP contribution in [0.1, 0.15) is 17.7 Å². The number of nitrogens with one attached hydrogen (secondary N) is 1. The number of anilines is 2. The molecule has 4 aromatic rings. The minimum atomic E-state index is -0.101. The normalized spacial score (nSPS) is 10.7. The fraction of sp³-hybridized carbons (Fsp3) is 0.160. The zero-order valence-electron chi connectivity index (χ0n) is 17.2. The zero-order chi connectivity index (χ0) is 21.5. The Balaban J connectivity index is 1.31. The summed E-state index contributed by atoms with van der Waals surface area (Å²) in [4.78, 5) is 12.5. The van der Waals surface area contributed by atoms with Crippen molar-refractivity contribution in [1.82, 2.24) is 15.0 Å². The van der Waals surface area contributed by atoms with E-state index < -0.39 is 0 Å².